The minimum absolute atomic E-state index is 0.295. The molecule has 1 aromatic rings. The van der Waals surface area contributed by atoms with Crippen LogP contribution in [0.1, 0.15) is 18.1 Å². The van der Waals surface area contributed by atoms with E-state index in [-0.39, 0.29) is 11.9 Å². The first-order valence-corrected chi connectivity index (χ1v) is 6.65. The van der Waals surface area contributed by atoms with Gasteiger partial charge in [-0.3, -0.25) is 15.0 Å². The number of carbonyl (C=O) groups is 2. The number of nitrogens with zero attached hydrogens (tertiary/aromatic N) is 1. The average Bonchev–Trinajstić information content (AvgIpc) is 2.46. The van der Waals surface area contributed by atoms with Crippen molar-refractivity contribution in [2.45, 2.75) is 25.9 Å². The second kappa shape index (κ2) is 5.92. The number of nitrogens with one attached hydrogen (secondary N) is 2. The number of hydrogen-bond acceptors (Lipinski definition) is 4. The maximum Gasteiger partial charge on any atom is 0.321 e. The van der Waals surface area contributed by atoms with Crippen LogP contribution in [0.2, 0.25) is 0 Å². The SMILES string of the molecule is CNC(=O)NC(=O)C(C)N1CCc2c(N)cccc2C1. The van der Waals surface area contributed by atoms with Crippen molar-refractivity contribution in [3.63, 3.8) is 0 Å². The zero-order chi connectivity index (χ0) is 14.7. The molecular weight excluding hydrogens is 256 g/mol. The van der Waals surface area contributed by atoms with Gasteiger partial charge in [0.25, 0.3) is 0 Å². The van der Waals surface area contributed by atoms with Crippen molar-refractivity contribution in [3.8, 4) is 0 Å². The molecule has 0 radical (unpaired) electrons. The minimum atomic E-state index is -0.483. The Balaban J connectivity index is 2.05. The molecule has 0 spiro atoms. The van der Waals surface area contributed by atoms with Gasteiger partial charge in [0.2, 0.25) is 5.91 Å². The number of fused-ring (bicyclic) bond motifs is 1. The highest BCUT2D eigenvalue weighted by Crippen LogP contribution is 2.25. The molecule has 1 aliphatic heterocycles. The molecule has 1 unspecified atom stereocenters. The van der Waals surface area contributed by atoms with E-state index in [1.165, 1.54) is 12.6 Å². The summed E-state index contributed by atoms with van der Waals surface area (Å²) >= 11 is 0. The van der Waals surface area contributed by atoms with E-state index in [1.54, 1.807) is 6.92 Å². The van der Waals surface area contributed by atoms with E-state index >= 15 is 0 Å². The van der Waals surface area contributed by atoms with Crippen LogP contribution in [0.5, 0.6) is 0 Å². The fourth-order valence-electron chi connectivity index (χ4n) is 2.44. The summed E-state index contributed by atoms with van der Waals surface area (Å²) in [5, 5.41) is 4.68. The average molecular weight is 276 g/mol. The Morgan fingerprint density at radius 3 is 2.85 bits per heavy atom. The first kappa shape index (κ1) is 14.3. The number of anilines is 1. The smallest absolute Gasteiger partial charge is 0.321 e. The summed E-state index contributed by atoms with van der Waals surface area (Å²) in [6, 6.07) is 5.01. The molecule has 1 heterocycles. The predicted octanol–water partition coefficient (Wildman–Crippen LogP) is 0.471. The lowest BCUT2D eigenvalue weighted by Crippen LogP contribution is -2.50. The van der Waals surface area contributed by atoms with Crippen LogP contribution in [0.3, 0.4) is 0 Å². The van der Waals surface area contributed by atoms with Gasteiger partial charge in [-0.05, 0) is 30.5 Å². The van der Waals surface area contributed by atoms with Gasteiger partial charge in [0.1, 0.15) is 0 Å². The molecule has 3 amide bonds. The highest BCUT2D eigenvalue weighted by atomic mass is 16.2. The third-order valence-corrected chi connectivity index (χ3v) is 3.72. The lowest BCUT2D eigenvalue weighted by atomic mass is 9.97. The third-order valence-electron chi connectivity index (χ3n) is 3.72. The van der Waals surface area contributed by atoms with Crippen molar-refractivity contribution >= 4 is 17.6 Å². The lowest BCUT2D eigenvalue weighted by Gasteiger charge is -2.33. The second-order valence-electron chi connectivity index (χ2n) is 4.95. The van der Waals surface area contributed by atoms with E-state index in [4.69, 9.17) is 5.73 Å². The Morgan fingerprint density at radius 2 is 2.15 bits per heavy atom. The molecule has 0 bridgehead atoms. The fraction of sp³-hybridized carbons (Fsp3) is 0.429. The molecule has 2 rings (SSSR count). The van der Waals surface area contributed by atoms with Gasteiger partial charge in [-0.25, -0.2) is 4.79 Å². The van der Waals surface area contributed by atoms with Crippen LogP contribution in [0.25, 0.3) is 0 Å². The van der Waals surface area contributed by atoms with Crippen LogP contribution >= 0.6 is 0 Å². The molecule has 6 nitrogen and oxygen atoms in total. The molecule has 1 atom stereocenters. The van der Waals surface area contributed by atoms with Crippen molar-refractivity contribution < 1.29 is 9.59 Å². The molecule has 1 aliphatic rings. The number of urea groups is 1. The Morgan fingerprint density at radius 1 is 1.40 bits per heavy atom. The normalized spacial score (nSPS) is 16.1. The van der Waals surface area contributed by atoms with Gasteiger partial charge >= 0.3 is 6.03 Å². The highest BCUT2D eigenvalue weighted by Gasteiger charge is 2.26. The predicted molar refractivity (Wildman–Crippen MR) is 77.0 cm³/mol. The fourth-order valence-corrected chi connectivity index (χ4v) is 2.44. The molecule has 1 aromatic carbocycles. The molecular formula is C14H20N4O2. The second-order valence-corrected chi connectivity index (χ2v) is 4.95. The molecule has 108 valence electrons. The van der Waals surface area contributed by atoms with E-state index < -0.39 is 6.03 Å². The Hall–Kier alpha value is -2.08. The molecule has 0 saturated carbocycles. The summed E-state index contributed by atoms with van der Waals surface area (Å²) < 4.78 is 0. The van der Waals surface area contributed by atoms with E-state index in [0.29, 0.717) is 6.54 Å². The molecule has 6 heteroatoms. The quantitative estimate of drug-likeness (QED) is 0.685. The van der Waals surface area contributed by atoms with Gasteiger partial charge in [0.05, 0.1) is 6.04 Å². The zero-order valence-corrected chi connectivity index (χ0v) is 11.8. The number of benzene rings is 1. The van der Waals surface area contributed by atoms with Crippen molar-refractivity contribution in [1.82, 2.24) is 15.5 Å². The first-order chi connectivity index (χ1) is 9.52. The molecule has 20 heavy (non-hydrogen) atoms. The molecule has 0 aliphatic carbocycles. The van der Waals surface area contributed by atoms with Gasteiger partial charge in [-0.2, -0.15) is 0 Å². The van der Waals surface area contributed by atoms with Gasteiger partial charge in [-0.15, -0.1) is 0 Å². The van der Waals surface area contributed by atoms with Crippen molar-refractivity contribution in [2.24, 2.45) is 0 Å². The number of imide groups is 1. The number of amides is 3. The third kappa shape index (κ3) is 2.91. The van der Waals surface area contributed by atoms with Crippen LogP contribution in [0, 0.1) is 0 Å². The summed E-state index contributed by atoms with van der Waals surface area (Å²) in [5.74, 6) is -0.295. The van der Waals surface area contributed by atoms with Crippen LogP contribution in [-0.2, 0) is 17.8 Å². The van der Waals surface area contributed by atoms with Gasteiger partial charge in [0, 0.05) is 25.8 Å². The summed E-state index contributed by atoms with van der Waals surface area (Å²) in [4.78, 5) is 25.2. The van der Waals surface area contributed by atoms with E-state index in [9.17, 15) is 9.59 Å². The standard InChI is InChI=1S/C14H20N4O2/c1-9(13(19)17-14(20)16-2)18-7-6-11-10(8-18)4-3-5-12(11)15/h3-5,9H,6-8,15H2,1-2H3,(H2,16,17,19,20). The highest BCUT2D eigenvalue weighted by molar-refractivity contribution is 5.96. The largest absolute Gasteiger partial charge is 0.398 e. The topological polar surface area (TPSA) is 87.5 Å². The Labute approximate surface area is 118 Å². The van der Waals surface area contributed by atoms with Crippen LogP contribution in [0.4, 0.5) is 10.5 Å². The van der Waals surface area contributed by atoms with Crippen molar-refractivity contribution in [1.29, 1.82) is 0 Å². The van der Waals surface area contributed by atoms with Crippen LogP contribution in [-0.4, -0.2) is 36.5 Å². The molecule has 0 aromatic heterocycles. The molecule has 0 fully saturated rings. The number of rotatable bonds is 2. The minimum Gasteiger partial charge on any atom is -0.398 e. The van der Waals surface area contributed by atoms with Gasteiger partial charge < -0.3 is 11.1 Å². The zero-order valence-electron chi connectivity index (χ0n) is 11.8. The maximum absolute atomic E-state index is 12.0. The van der Waals surface area contributed by atoms with Gasteiger partial charge in [0.15, 0.2) is 0 Å². The monoisotopic (exact) mass is 276 g/mol. The van der Waals surface area contributed by atoms with Crippen molar-refractivity contribution in [2.75, 3.05) is 19.3 Å². The number of hydrogen-bond donors (Lipinski definition) is 3. The van der Waals surface area contributed by atoms with Crippen LogP contribution in [0.15, 0.2) is 18.2 Å². The van der Waals surface area contributed by atoms with Crippen LogP contribution < -0.4 is 16.4 Å². The van der Waals surface area contributed by atoms with Gasteiger partial charge in [-0.1, -0.05) is 12.1 Å². The number of nitrogens with two attached hydrogens (primary N) is 1. The summed E-state index contributed by atoms with van der Waals surface area (Å²) in [7, 11) is 1.48. The first-order valence-electron chi connectivity index (χ1n) is 6.65. The number of carbonyl (C=O) groups excluding carboxylic acids is 2. The summed E-state index contributed by atoms with van der Waals surface area (Å²) in [5.41, 5.74) is 9.08. The Kier molecular flexibility index (Phi) is 4.24. The molecule has 4 N–H and O–H groups in total. The van der Waals surface area contributed by atoms with E-state index in [2.05, 4.69) is 10.6 Å². The molecule has 0 saturated heterocycles. The Bertz CT molecular complexity index is 530. The number of nitrogen functional groups attached to an aromatic ring is 1. The van der Waals surface area contributed by atoms with E-state index in [1.807, 2.05) is 23.1 Å². The summed E-state index contributed by atoms with van der Waals surface area (Å²) in [6.45, 7) is 3.22. The summed E-state index contributed by atoms with van der Waals surface area (Å²) in [6.07, 6.45) is 0.819. The lowest BCUT2D eigenvalue weighted by molar-refractivity contribution is -0.125. The van der Waals surface area contributed by atoms with Crippen molar-refractivity contribution in [3.05, 3.63) is 29.3 Å². The maximum atomic E-state index is 12.0. The van der Waals surface area contributed by atoms with E-state index in [0.717, 1.165) is 24.2 Å².